The summed E-state index contributed by atoms with van der Waals surface area (Å²) in [6.45, 7) is 6.67. The summed E-state index contributed by atoms with van der Waals surface area (Å²) in [6, 6.07) is 0. The van der Waals surface area contributed by atoms with Crippen molar-refractivity contribution in [1.82, 2.24) is 0 Å². The molecule has 0 aromatic heterocycles. The molecule has 1 N–H and O–H groups in total. The topological polar surface area (TPSA) is 99.1 Å². The van der Waals surface area contributed by atoms with Crippen LogP contribution in [-0.4, -0.2) is 47.9 Å². The zero-order valence-corrected chi connectivity index (χ0v) is 19.9. The Kier molecular flexibility index (Phi) is 5.42. The van der Waals surface area contributed by atoms with Crippen LogP contribution in [0.4, 0.5) is 0 Å². The number of rotatable bonds is 4. The standard InChI is InChI=1S/C26H36O7/c1-15(28)33-18-6-8-24(2)17(11-18)4-5-20-19(24)7-9-25(3)23(16-10-22(29)31-13-16)21(32-14-27)12-26(20,25)30/h10,14,17-21,23,30H,4-9,11-13H2,1-3H3/t17?,18-,19?,20?,21-,23-,24?,25?,26?/m0/s1. The van der Waals surface area contributed by atoms with Crippen LogP contribution in [0.15, 0.2) is 11.6 Å². The summed E-state index contributed by atoms with van der Waals surface area (Å²) in [5.41, 5.74) is -0.520. The second-order valence-corrected chi connectivity index (χ2v) is 11.7. The molecule has 33 heavy (non-hydrogen) atoms. The van der Waals surface area contributed by atoms with E-state index in [1.165, 1.54) is 13.0 Å². The number of ether oxygens (including phenoxy) is 3. The fraction of sp³-hybridized carbons (Fsp3) is 0.808. The van der Waals surface area contributed by atoms with E-state index in [-0.39, 0.29) is 41.9 Å². The Morgan fingerprint density at radius 2 is 1.97 bits per heavy atom. The summed E-state index contributed by atoms with van der Waals surface area (Å²) in [5.74, 6) is 0.183. The van der Waals surface area contributed by atoms with Gasteiger partial charge in [0.2, 0.25) is 0 Å². The van der Waals surface area contributed by atoms with E-state index in [1.54, 1.807) is 0 Å². The summed E-state index contributed by atoms with van der Waals surface area (Å²) >= 11 is 0. The summed E-state index contributed by atoms with van der Waals surface area (Å²) < 4.78 is 16.3. The summed E-state index contributed by atoms with van der Waals surface area (Å²) in [4.78, 5) is 34.7. The zero-order chi connectivity index (χ0) is 23.6. The molecule has 0 saturated heterocycles. The van der Waals surface area contributed by atoms with Crippen molar-refractivity contribution < 1.29 is 33.7 Å². The summed E-state index contributed by atoms with van der Waals surface area (Å²) in [6.07, 6.45) is 7.98. The Labute approximate surface area is 195 Å². The van der Waals surface area contributed by atoms with Crippen LogP contribution in [0.2, 0.25) is 0 Å². The van der Waals surface area contributed by atoms with Crippen LogP contribution in [0, 0.1) is 34.5 Å². The number of hydrogen-bond acceptors (Lipinski definition) is 7. The van der Waals surface area contributed by atoms with Crippen molar-refractivity contribution in [1.29, 1.82) is 0 Å². The van der Waals surface area contributed by atoms with Gasteiger partial charge in [0.25, 0.3) is 6.47 Å². The van der Waals surface area contributed by atoms with Crippen molar-refractivity contribution in [2.45, 2.75) is 89.9 Å². The Bertz CT molecular complexity index is 882. The number of esters is 2. The molecule has 5 rings (SSSR count). The molecule has 0 aromatic rings. The first-order valence-electron chi connectivity index (χ1n) is 12.5. The molecular formula is C26H36O7. The van der Waals surface area contributed by atoms with Gasteiger partial charge in [-0.2, -0.15) is 0 Å². The third-order valence-corrected chi connectivity index (χ3v) is 10.4. The lowest BCUT2D eigenvalue weighted by Crippen LogP contribution is -2.62. The van der Waals surface area contributed by atoms with Gasteiger partial charge < -0.3 is 19.3 Å². The van der Waals surface area contributed by atoms with Gasteiger partial charge in [0.1, 0.15) is 18.8 Å². The molecular weight excluding hydrogens is 424 g/mol. The van der Waals surface area contributed by atoms with E-state index in [2.05, 4.69) is 13.8 Å². The molecule has 0 aromatic carbocycles. The molecule has 4 fully saturated rings. The van der Waals surface area contributed by atoms with Crippen LogP contribution < -0.4 is 0 Å². The number of aliphatic hydroxyl groups is 1. The first-order valence-corrected chi connectivity index (χ1v) is 12.5. The summed E-state index contributed by atoms with van der Waals surface area (Å²) in [7, 11) is 0. The molecule has 0 spiro atoms. The second-order valence-electron chi connectivity index (χ2n) is 11.7. The highest BCUT2D eigenvalue weighted by atomic mass is 16.5. The zero-order valence-electron chi connectivity index (χ0n) is 19.9. The quantitative estimate of drug-likeness (QED) is 0.390. The van der Waals surface area contributed by atoms with E-state index in [0.29, 0.717) is 24.7 Å². The van der Waals surface area contributed by atoms with Crippen molar-refractivity contribution in [2.75, 3.05) is 6.61 Å². The average molecular weight is 461 g/mol. The van der Waals surface area contributed by atoms with Crippen molar-refractivity contribution in [3.8, 4) is 0 Å². The van der Waals surface area contributed by atoms with Crippen LogP contribution in [0.3, 0.4) is 0 Å². The van der Waals surface area contributed by atoms with Gasteiger partial charge in [0, 0.05) is 30.8 Å². The molecule has 7 nitrogen and oxygen atoms in total. The molecule has 5 aliphatic rings. The van der Waals surface area contributed by atoms with Gasteiger partial charge in [-0.05, 0) is 73.7 Å². The first kappa shape index (κ1) is 22.9. The summed E-state index contributed by atoms with van der Waals surface area (Å²) in [5, 5.41) is 12.4. The molecule has 182 valence electrons. The normalized spacial score (nSPS) is 48.6. The SMILES string of the molecule is CC(=O)O[C@H]1CCC2(C)C(CCC3C2CCC2(C)[C@@H](C4=CC(=O)OC4)[C@@H](OC=O)CC32O)C1. The number of hydrogen-bond donors (Lipinski definition) is 1. The highest BCUT2D eigenvalue weighted by Gasteiger charge is 2.70. The van der Waals surface area contributed by atoms with E-state index >= 15 is 0 Å². The molecule has 4 aliphatic carbocycles. The van der Waals surface area contributed by atoms with Crippen LogP contribution >= 0.6 is 0 Å². The highest BCUT2D eigenvalue weighted by Crippen LogP contribution is 2.70. The van der Waals surface area contributed by atoms with Crippen molar-refractivity contribution in [2.24, 2.45) is 34.5 Å². The lowest BCUT2D eigenvalue weighted by atomic mass is 9.43. The minimum absolute atomic E-state index is 0.00198. The lowest BCUT2D eigenvalue weighted by Gasteiger charge is -2.63. The van der Waals surface area contributed by atoms with Crippen LogP contribution in [0.5, 0.6) is 0 Å². The van der Waals surface area contributed by atoms with Gasteiger partial charge >= 0.3 is 11.9 Å². The second kappa shape index (κ2) is 7.82. The van der Waals surface area contributed by atoms with E-state index in [9.17, 15) is 19.5 Å². The number of carbonyl (C=O) groups excluding carboxylic acids is 3. The van der Waals surface area contributed by atoms with E-state index in [1.807, 2.05) is 0 Å². The highest BCUT2D eigenvalue weighted by molar-refractivity contribution is 5.85. The van der Waals surface area contributed by atoms with Crippen LogP contribution in [0.25, 0.3) is 0 Å². The van der Waals surface area contributed by atoms with Gasteiger partial charge in [-0.25, -0.2) is 4.79 Å². The molecule has 9 atom stereocenters. The molecule has 1 heterocycles. The largest absolute Gasteiger partial charge is 0.464 e. The van der Waals surface area contributed by atoms with Crippen molar-refractivity contribution in [3.05, 3.63) is 11.6 Å². The molecule has 4 saturated carbocycles. The van der Waals surface area contributed by atoms with E-state index in [4.69, 9.17) is 14.2 Å². The van der Waals surface area contributed by atoms with Crippen LogP contribution in [0.1, 0.15) is 72.1 Å². The molecule has 0 amide bonds. The molecule has 1 aliphatic heterocycles. The van der Waals surface area contributed by atoms with Crippen LogP contribution in [-0.2, 0) is 28.6 Å². The predicted octanol–water partition coefficient (Wildman–Crippen LogP) is 3.33. The fourth-order valence-corrected chi connectivity index (χ4v) is 8.96. The van der Waals surface area contributed by atoms with Gasteiger partial charge in [0.05, 0.1) is 5.60 Å². The van der Waals surface area contributed by atoms with Crippen molar-refractivity contribution in [3.63, 3.8) is 0 Å². The monoisotopic (exact) mass is 460 g/mol. The maximum atomic E-state index is 12.4. The number of fused-ring (bicyclic) bond motifs is 5. The molecule has 7 heteroatoms. The smallest absolute Gasteiger partial charge is 0.331 e. The lowest BCUT2D eigenvalue weighted by molar-refractivity contribution is -0.210. The Hall–Kier alpha value is -1.89. The average Bonchev–Trinajstić information content (AvgIpc) is 3.26. The Morgan fingerprint density at radius 3 is 2.64 bits per heavy atom. The maximum absolute atomic E-state index is 12.4. The third kappa shape index (κ3) is 3.28. The molecule has 0 bridgehead atoms. The number of carbonyl (C=O) groups is 3. The van der Waals surface area contributed by atoms with E-state index in [0.717, 1.165) is 50.5 Å². The Morgan fingerprint density at radius 1 is 1.18 bits per heavy atom. The van der Waals surface area contributed by atoms with Gasteiger partial charge in [-0.15, -0.1) is 0 Å². The predicted molar refractivity (Wildman–Crippen MR) is 118 cm³/mol. The first-order chi connectivity index (χ1) is 15.6. The fourth-order valence-electron chi connectivity index (χ4n) is 8.96. The van der Waals surface area contributed by atoms with Gasteiger partial charge in [-0.3, -0.25) is 9.59 Å². The minimum Gasteiger partial charge on any atom is -0.464 e. The third-order valence-electron chi connectivity index (χ3n) is 10.4. The molecule has 0 radical (unpaired) electrons. The van der Waals surface area contributed by atoms with Gasteiger partial charge in [0.15, 0.2) is 0 Å². The maximum Gasteiger partial charge on any atom is 0.331 e. The van der Waals surface area contributed by atoms with Crippen molar-refractivity contribution >= 4 is 18.4 Å². The Balaban J connectivity index is 1.45. The van der Waals surface area contributed by atoms with Gasteiger partial charge in [-0.1, -0.05) is 13.8 Å². The minimum atomic E-state index is -0.971. The number of cyclic esters (lactones) is 1. The van der Waals surface area contributed by atoms with E-state index < -0.39 is 17.1 Å². The molecule has 6 unspecified atom stereocenters.